The predicted molar refractivity (Wildman–Crippen MR) is 90.8 cm³/mol. The smallest absolute Gasteiger partial charge is 0.418 e. The van der Waals surface area contributed by atoms with Gasteiger partial charge >= 0.3 is 6.18 Å². The van der Waals surface area contributed by atoms with Gasteiger partial charge in [0, 0.05) is 12.1 Å². The molecular formula is C18H19F3N2O3. The lowest BCUT2D eigenvalue weighted by Gasteiger charge is -2.16. The Morgan fingerprint density at radius 2 is 1.88 bits per heavy atom. The van der Waals surface area contributed by atoms with E-state index in [0.717, 1.165) is 12.1 Å². The lowest BCUT2D eigenvalue weighted by atomic mass is 10.1. The quantitative estimate of drug-likeness (QED) is 0.760. The molecule has 1 heterocycles. The van der Waals surface area contributed by atoms with Crippen molar-refractivity contribution in [2.75, 3.05) is 10.6 Å². The summed E-state index contributed by atoms with van der Waals surface area (Å²) in [6.07, 6.45) is -2.70. The van der Waals surface area contributed by atoms with E-state index < -0.39 is 23.6 Å². The number of hydrogen-bond donors (Lipinski definition) is 2. The van der Waals surface area contributed by atoms with Crippen LogP contribution in [0.3, 0.4) is 0 Å². The van der Waals surface area contributed by atoms with Crippen molar-refractivity contribution in [3.05, 3.63) is 47.9 Å². The molecule has 0 aliphatic rings. The van der Waals surface area contributed by atoms with E-state index >= 15 is 0 Å². The van der Waals surface area contributed by atoms with Gasteiger partial charge in [-0.05, 0) is 42.7 Å². The van der Waals surface area contributed by atoms with Crippen LogP contribution in [0.2, 0.25) is 0 Å². The highest BCUT2D eigenvalue weighted by molar-refractivity contribution is 6.02. The molecule has 0 saturated carbocycles. The predicted octanol–water partition coefficient (Wildman–Crippen LogP) is 4.93. The van der Waals surface area contributed by atoms with E-state index in [4.69, 9.17) is 4.42 Å². The van der Waals surface area contributed by atoms with E-state index in [-0.39, 0.29) is 29.5 Å². The van der Waals surface area contributed by atoms with Crippen molar-refractivity contribution in [1.29, 1.82) is 0 Å². The first kappa shape index (κ1) is 19.6. The number of benzene rings is 1. The number of furan rings is 1. The minimum atomic E-state index is -4.69. The fourth-order valence-corrected chi connectivity index (χ4v) is 2.20. The Kier molecular flexibility index (Phi) is 6.07. The molecule has 140 valence electrons. The zero-order chi connectivity index (χ0) is 19.3. The topological polar surface area (TPSA) is 71.3 Å². The Balaban J connectivity index is 2.19. The number of hydrogen-bond acceptors (Lipinski definition) is 3. The monoisotopic (exact) mass is 368 g/mol. The van der Waals surface area contributed by atoms with E-state index in [1.165, 1.54) is 24.5 Å². The lowest BCUT2D eigenvalue weighted by molar-refractivity contribution is -0.136. The molecule has 5 nitrogen and oxygen atoms in total. The molecule has 26 heavy (non-hydrogen) atoms. The summed E-state index contributed by atoms with van der Waals surface area (Å²) >= 11 is 0. The van der Waals surface area contributed by atoms with Gasteiger partial charge in [-0.2, -0.15) is 13.2 Å². The summed E-state index contributed by atoms with van der Waals surface area (Å²) in [6.45, 7) is 3.84. The molecule has 0 bridgehead atoms. The molecule has 8 heteroatoms. The standard InChI is InChI=1S/C18H19F3N2O3/c1-11(2)5-8-16(24)23-14-7-6-12(10-13(14)18(19,20)21)22-17(25)15-4-3-9-26-15/h3-4,6-7,9-11H,5,8H2,1-2H3,(H,22,25)(H,23,24). The van der Waals surface area contributed by atoms with Gasteiger partial charge in [-0.25, -0.2) is 0 Å². The van der Waals surface area contributed by atoms with Gasteiger partial charge in [0.1, 0.15) is 0 Å². The molecule has 0 saturated heterocycles. The number of alkyl halides is 3. The van der Waals surface area contributed by atoms with Crippen LogP contribution >= 0.6 is 0 Å². The van der Waals surface area contributed by atoms with Gasteiger partial charge in [0.15, 0.2) is 5.76 Å². The number of rotatable bonds is 6. The summed E-state index contributed by atoms with van der Waals surface area (Å²) < 4.78 is 44.9. The fraction of sp³-hybridized carbons (Fsp3) is 0.333. The highest BCUT2D eigenvalue weighted by Gasteiger charge is 2.34. The molecule has 2 N–H and O–H groups in total. The minimum Gasteiger partial charge on any atom is -0.459 e. The van der Waals surface area contributed by atoms with Gasteiger partial charge in [-0.3, -0.25) is 9.59 Å². The normalized spacial score (nSPS) is 11.5. The first-order valence-electron chi connectivity index (χ1n) is 8.02. The number of amides is 2. The number of carbonyl (C=O) groups excluding carboxylic acids is 2. The van der Waals surface area contributed by atoms with E-state index in [1.54, 1.807) is 0 Å². The van der Waals surface area contributed by atoms with E-state index in [0.29, 0.717) is 6.42 Å². The molecule has 0 atom stereocenters. The average Bonchev–Trinajstić information content (AvgIpc) is 3.08. The van der Waals surface area contributed by atoms with Crippen LogP contribution in [0, 0.1) is 5.92 Å². The molecule has 0 aliphatic heterocycles. The van der Waals surface area contributed by atoms with E-state index in [9.17, 15) is 22.8 Å². The summed E-state index contributed by atoms with van der Waals surface area (Å²) in [5.74, 6) is -0.917. The average molecular weight is 368 g/mol. The van der Waals surface area contributed by atoms with Crippen molar-refractivity contribution >= 4 is 23.2 Å². The van der Waals surface area contributed by atoms with Crippen LogP contribution in [0.1, 0.15) is 42.8 Å². The molecule has 1 aromatic heterocycles. The lowest BCUT2D eigenvalue weighted by Crippen LogP contribution is -2.18. The number of anilines is 2. The van der Waals surface area contributed by atoms with Gasteiger partial charge in [0.05, 0.1) is 17.5 Å². The third-order valence-electron chi connectivity index (χ3n) is 3.55. The highest BCUT2D eigenvalue weighted by atomic mass is 19.4. The maximum Gasteiger partial charge on any atom is 0.418 e. The van der Waals surface area contributed by atoms with Crippen LogP contribution in [-0.2, 0) is 11.0 Å². The van der Waals surface area contributed by atoms with Crippen LogP contribution in [0.4, 0.5) is 24.5 Å². The second kappa shape index (κ2) is 8.07. The zero-order valence-corrected chi connectivity index (χ0v) is 14.3. The molecule has 0 radical (unpaired) electrons. The van der Waals surface area contributed by atoms with Crippen molar-refractivity contribution in [1.82, 2.24) is 0 Å². The summed E-state index contributed by atoms with van der Waals surface area (Å²) in [5, 5.41) is 4.62. The van der Waals surface area contributed by atoms with Gasteiger partial charge in [0.25, 0.3) is 5.91 Å². The third-order valence-corrected chi connectivity index (χ3v) is 3.55. The number of halogens is 3. The molecule has 2 rings (SSSR count). The summed E-state index contributed by atoms with van der Waals surface area (Å²) in [7, 11) is 0. The van der Waals surface area contributed by atoms with Crippen LogP contribution < -0.4 is 10.6 Å². The fourth-order valence-electron chi connectivity index (χ4n) is 2.20. The first-order valence-corrected chi connectivity index (χ1v) is 8.02. The zero-order valence-electron chi connectivity index (χ0n) is 14.3. The van der Waals surface area contributed by atoms with Crippen molar-refractivity contribution in [2.45, 2.75) is 32.9 Å². The largest absolute Gasteiger partial charge is 0.459 e. The number of carbonyl (C=O) groups is 2. The van der Waals surface area contributed by atoms with Gasteiger partial charge in [0.2, 0.25) is 5.91 Å². The first-order chi connectivity index (χ1) is 12.2. The molecule has 0 spiro atoms. The SMILES string of the molecule is CC(C)CCC(=O)Nc1ccc(NC(=O)c2ccco2)cc1C(F)(F)F. The molecular weight excluding hydrogens is 349 g/mol. The molecule has 2 aromatic rings. The minimum absolute atomic E-state index is 0.0235. The summed E-state index contributed by atoms with van der Waals surface area (Å²) in [4.78, 5) is 23.7. The molecule has 1 aromatic carbocycles. The summed E-state index contributed by atoms with van der Waals surface area (Å²) in [5.41, 5.74) is -1.44. The maximum atomic E-state index is 13.3. The summed E-state index contributed by atoms with van der Waals surface area (Å²) in [6, 6.07) is 6.07. The van der Waals surface area contributed by atoms with Gasteiger partial charge in [-0.15, -0.1) is 0 Å². The van der Waals surface area contributed by atoms with Gasteiger partial charge < -0.3 is 15.1 Å². The van der Waals surface area contributed by atoms with Crippen molar-refractivity contribution in [3.8, 4) is 0 Å². The van der Waals surface area contributed by atoms with Crippen LogP contribution in [0.5, 0.6) is 0 Å². The maximum absolute atomic E-state index is 13.3. The van der Waals surface area contributed by atoms with Crippen molar-refractivity contribution < 1.29 is 27.2 Å². The number of nitrogens with one attached hydrogen (secondary N) is 2. The molecule has 0 unspecified atom stereocenters. The van der Waals surface area contributed by atoms with E-state index in [1.807, 2.05) is 13.8 Å². The highest BCUT2D eigenvalue weighted by Crippen LogP contribution is 2.36. The molecule has 0 aliphatic carbocycles. The van der Waals surface area contributed by atoms with Crippen LogP contribution in [-0.4, -0.2) is 11.8 Å². The Labute approximate surface area is 148 Å². The molecule has 0 fully saturated rings. The molecule has 2 amide bonds. The third kappa shape index (κ3) is 5.37. The second-order valence-electron chi connectivity index (χ2n) is 6.17. The van der Waals surface area contributed by atoms with Crippen molar-refractivity contribution in [3.63, 3.8) is 0 Å². The van der Waals surface area contributed by atoms with Crippen molar-refractivity contribution in [2.24, 2.45) is 5.92 Å². The Morgan fingerprint density at radius 3 is 2.46 bits per heavy atom. The Hall–Kier alpha value is -2.77. The Morgan fingerprint density at radius 1 is 1.15 bits per heavy atom. The van der Waals surface area contributed by atoms with Crippen LogP contribution in [0.25, 0.3) is 0 Å². The Bertz CT molecular complexity index is 768. The van der Waals surface area contributed by atoms with Gasteiger partial charge in [-0.1, -0.05) is 13.8 Å². The second-order valence-corrected chi connectivity index (χ2v) is 6.17. The van der Waals surface area contributed by atoms with Crippen LogP contribution in [0.15, 0.2) is 41.0 Å². The van der Waals surface area contributed by atoms with E-state index in [2.05, 4.69) is 10.6 Å².